The number of nitrogens with zero attached hydrogens (tertiary/aromatic N) is 1. The van der Waals surface area contributed by atoms with E-state index in [9.17, 15) is 0 Å². The van der Waals surface area contributed by atoms with Gasteiger partial charge in [0.15, 0.2) is 0 Å². The monoisotopic (exact) mass is 271 g/mol. The van der Waals surface area contributed by atoms with Crippen LogP contribution in [0.25, 0.3) is 17.8 Å². The predicted octanol–water partition coefficient (Wildman–Crippen LogP) is 2.46. The molecule has 1 unspecified atom stereocenters. The zero-order valence-corrected chi connectivity index (χ0v) is 13.2. The number of H-pyrrole nitrogens is 1. The highest BCUT2D eigenvalue weighted by Gasteiger charge is 2.10. The maximum Gasteiger partial charge on any atom is 0.138 e. The molecule has 0 aliphatic carbocycles. The molecule has 1 atom stereocenters. The van der Waals surface area contributed by atoms with Gasteiger partial charge in [-0.15, -0.1) is 0 Å². The Hall–Kier alpha value is -1.77. The molecule has 0 saturated carbocycles. The van der Waals surface area contributed by atoms with E-state index in [1.807, 2.05) is 0 Å². The number of fused-ring (bicyclic) bond motifs is 1. The molecule has 0 bridgehead atoms. The minimum atomic E-state index is 0.405. The largest absolute Gasteiger partial charge is 0.383 e. The van der Waals surface area contributed by atoms with Crippen molar-refractivity contribution >= 4 is 17.8 Å². The first kappa shape index (κ1) is 14.6. The zero-order valence-electron chi connectivity index (χ0n) is 13.2. The third kappa shape index (κ3) is 3.21. The maximum absolute atomic E-state index is 4.77. The topological polar surface area (TPSA) is 40.7 Å². The van der Waals surface area contributed by atoms with Gasteiger partial charge in [0.2, 0.25) is 0 Å². The number of aromatic nitrogens is 2. The Morgan fingerprint density at radius 1 is 1.30 bits per heavy atom. The molecule has 0 radical (unpaired) electrons. The summed E-state index contributed by atoms with van der Waals surface area (Å²) < 4.78 is 0. The van der Waals surface area contributed by atoms with Crippen molar-refractivity contribution in [1.29, 1.82) is 0 Å². The number of hydrogen-bond donors (Lipinski definition) is 2. The van der Waals surface area contributed by atoms with E-state index in [-0.39, 0.29) is 0 Å². The third-order valence-corrected chi connectivity index (χ3v) is 3.39. The zero-order chi connectivity index (χ0) is 14.7. The fourth-order valence-corrected chi connectivity index (χ4v) is 2.41. The molecule has 0 amide bonds. The van der Waals surface area contributed by atoms with Crippen molar-refractivity contribution < 1.29 is 0 Å². The van der Waals surface area contributed by atoms with Crippen molar-refractivity contribution in [2.75, 3.05) is 0 Å². The first-order chi connectivity index (χ1) is 9.51. The molecule has 2 rings (SSSR count). The number of imidazole rings is 1. The van der Waals surface area contributed by atoms with E-state index in [2.05, 4.69) is 63.3 Å². The highest BCUT2D eigenvalue weighted by atomic mass is 15.0. The molecule has 1 aromatic rings. The van der Waals surface area contributed by atoms with Crippen LogP contribution in [0.15, 0.2) is 17.2 Å². The summed E-state index contributed by atoms with van der Waals surface area (Å²) in [5.74, 6) is 0.961. The summed E-state index contributed by atoms with van der Waals surface area (Å²) in [5.41, 5.74) is 3.74. The maximum atomic E-state index is 4.77. The van der Waals surface area contributed by atoms with E-state index in [1.165, 1.54) is 23.1 Å². The van der Waals surface area contributed by atoms with Gasteiger partial charge in [-0.05, 0) is 40.2 Å². The Balaban J connectivity index is 2.46. The lowest BCUT2D eigenvalue weighted by Gasteiger charge is -2.13. The molecule has 1 aliphatic rings. The molecule has 1 aromatic heterocycles. The van der Waals surface area contributed by atoms with E-state index >= 15 is 0 Å². The number of hydrogen-bond acceptors (Lipinski definition) is 2. The van der Waals surface area contributed by atoms with Gasteiger partial charge in [-0.3, -0.25) is 0 Å². The van der Waals surface area contributed by atoms with Gasteiger partial charge in [0, 0.05) is 17.8 Å². The Bertz CT molecular complexity index is 651. The van der Waals surface area contributed by atoms with Crippen LogP contribution in [-0.4, -0.2) is 16.0 Å². The van der Waals surface area contributed by atoms with Crippen LogP contribution in [0.5, 0.6) is 0 Å². The summed E-state index contributed by atoms with van der Waals surface area (Å²) in [6.45, 7) is 10.7. The van der Waals surface area contributed by atoms with Crippen molar-refractivity contribution in [3.63, 3.8) is 0 Å². The summed E-state index contributed by atoms with van der Waals surface area (Å²) in [4.78, 5) is 8.19. The van der Waals surface area contributed by atoms with E-state index in [0.29, 0.717) is 6.04 Å². The predicted molar refractivity (Wildman–Crippen MR) is 86.3 cm³/mol. The molecule has 20 heavy (non-hydrogen) atoms. The van der Waals surface area contributed by atoms with Gasteiger partial charge in [0.25, 0.3) is 0 Å². The fraction of sp³-hybridized carbons (Fsp3) is 0.471. The lowest BCUT2D eigenvalue weighted by molar-refractivity contribution is 0.661. The second-order valence-corrected chi connectivity index (χ2v) is 5.89. The highest BCUT2D eigenvalue weighted by molar-refractivity contribution is 5.72. The Kier molecular flexibility index (Phi) is 4.48. The lowest BCUT2D eigenvalue weighted by atomic mass is 10.1. The number of nitrogens with one attached hydrogen (secondary N) is 2. The lowest BCUT2D eigenvalue weighted by Crippen LogP contribution is -2.38. The molecule has 2 N–H and O–H groups in total. The van der Waals surface area contributed by atoms with Crippen LogP contribution >= 0.6 is 0 Å². The molecule has 1 aliphatic heterocycles. The average Bonchev–Trinajstić information content (AvgIpc) is 2.78. The van der Waals surface area contributed by atoms with Crippen LogP contribution < -0.4 is 16.0 Å². The third-order valence-electron chi connectivity index (χ3n) is 3.39. The number of aromatic amines is 1. The van der Waals surface area contributed by atoms with Crippen molar-refractivity contribution in [2.45, 2.75) is 53.5 Å². The van der Waals surface area contributed by atoms with Gasteiger partial charge < -0.3 is 10.3 Å². The molecule has 0 saturated heterocycles. The van der Waals surface area contributed by atoms with Gasteiger partial charge in [-0.1, -0.05) is 30.6 Å². The normalized spacial score (nSPS) is 16.4. The molecule has 3 nitrogen and oxygen atoms in total. The second-order valence-electron chi connectivity index (χ2n) is 5.89. The number of rotatable bonds is 4. The van der Waals surface area contributed by atoms with E-state index < -0.39 is 0 Å². The summed E-state index contributed by atoms with van der Waals surface area (Å²) >= 11 is 0. The molecular weight excluding hydrogens is 246 g/mol. The fourth-order valence-electron chi connectivity index (χ4n) is 2.41. The van der Waals surface area contributed by atoms with Crippen LogP contribution in [-0.2, 0) is 0 Å². The van der Waals surface area contributed by atoms with Crippen molar-refractivity contribution in [1.82, 2.24) is 15.3 Å². The summed E-state index contributed by atoms with van der Waals surface area (Å²) in [6.07, 6.45) is 8.78. The van der Waals surface area contributed by atoms with E-state index in [1.54, 1.807) is 0 Å². The van der Waals surface area contributed by atoms with Crippen LogP contribution in [0.3, 0.4) is 0 Å². The summed E-state index contributed by atoms with van der Waals surface area (Å²) in [7, 11) is 0. The minimum absolute atomic E-state index is 0.405. The van der Waals surface area contributed by atoms with Crippen LogP contribution in [0.2, 0.25) is 0 Å². The summed E-state index contributed by atoms with van der Waals surface area (Å²) in [6, 6.07) is 0.405. The first-order valence-corrected chi connectivity index (χ1v) is 7.38. The Morgan fingerprint density at radius 3 is 2.65 bits per heavy atom. The molecular formula is C17H25N3. The van der Waals surface area contributed by atoms with Gasteiger partial charge in [-0.2, -0.15) is 0 Å². The molecule has 0 aromatic carbocycles. The van der Waals surface area contributed by atoms with E-state index in [4.69, 9.17) is 4.98 Å². The van der Waals surface area contributed by atoms with Gasteiger partial charge >= 0.3 is 0 Å². The van der Waals surface area contributed by atoms with Crippen molar-refractivity contribution in [3.05, 3.63) is 33.7 Å². The molecule has 2 heterocycles. The Morgan fingerprint density at radius 2 is 2.05 bits per heavy atom. The van der Waals surface area contributed by atoms with Crippen LogP contribution in [0.1, 0.15) is 53.3 Å². The second kappa shape index (κ2) is 6.12. The van der Waals surface area contributed by atoms with Gasteiger partial charge in [-0.25, -0.2) is 4.98 Å². The molecule has 108 valence electrons. The SMILES string of the molecule is CCCC1C=c2nc(C(C=C(C)C)=C(C)C)[nH]c2=CN1. The van der Waals surface area contributed by atoms with Crippen molar-refractivity contribution in [3.8, 4) is 0 Å². The molecule has 0 spiro atoms. The minimum Gasteiger partial charge on any atom is -0.383 e. The molecule has 0 fully saturated rings. The van der Waals surface area contributed by atoms with Crippen LogP contribution in [0, 0.1) is 0 Å². The quantitative estimate of drug-likeness (QED) is 0.826. The number of allylic oxidation sites excluding steroid dienone is 4. The smallest absolute Gasteiger partial charge is 0.138 e. The van der Waals surface area contributed by atoms with Gasteiger partial charge in [0.05, 0.1) is 10.7 Å². The van der Waals surface area contributed by atoms with E-state index in [0.717, 1.165) is 22.9 Å². The summed E-state index contributed by atoms with van der Waals surface area (Å²) in [5, 5.41) is 5.56. The first-order valence-electron chi connectivity index (χ1n) is 7.38. The molecule has 3 heteroatoms. The van der Waals surface area contributed by atoms with Crippen molar-refractivity contribution in [2.24, 2.45) is 0 Å². The van der Waals surface area contributed by atoms with Crippen LogP contribution in [0.4, 0.5) is 0 Å². The average molecular weight is 271 g/mol. The Labute approximate surface area is 121 Å². The highest BCUT2D eigenvalue weighted by Crippen LogP contribution is 2.16. The van der Waals surface area contributed by atoms with Gasteiger partial charge in [0.1, 0.15) is 5.82 Å². The standard InChI is InChI=1S/C17H25N3/c1-6-7-13-9-15-16(10-18-13)20-17(19-15)14(12(4)5)8-11(2)3/h8-10,13,18H,6-7H2,1-5H3,(H,19,20).